The van der Waals surface area contributed by atoms with Gasteiger partial charge >= 0.3 is 0 Å². The van der Waals surface area contributed by atoms with E-state index in [0.717, 1.165) is 24.1 Å². The quantitative estimate of drug-likeness (QED) is 0.741. The summed E-state index contributed by atoms with van der Waals surface area (Å²) in [5, 5.41) is 6.93. The Bertz CT molecular complexity index is 773. The zero-order chi connectivity index (χ0) is 20.0. The molecule has 1 N–H and O–H groups in total. The molecular weight excluding hydrogens is 354 g/mol. The number of benzene rings is 1. The highest BCUT2D eigenvalue weighted by atomic mass is 16.5. The maximum absolute atomic E-state index is 12.3. The number of carbonyl (C=O) groups excluding carboxylic acids is 1. The van der Waals surface area contributed by atoms with Crippen molar-refractivity contribution in [1.82, 2.24) is 10.1 Å². The lowest BCUT2D eigenvalue weighted by atomic mass is 9.96. The van der Waals surface area contributed by atoms with E-state index in [2.05, 4.69) is 15.5 Å². The highest BCUT2D eigenvalue weighted by Gasteiger charge is 2.21. The van der Waals surface area contributed by atoms with Crippen LogP contribution in [0.3, 0.4) is 0 Å². The normalized spacial score (nSPS) is 15.5. The van der Waals surface area contributed by atoms with Crippen molar-refractivity contribution in [1.29, 1.82) is 0 Å². The second-order valence-electron chi connectivity index (χ2n) is 8.58. The first-order valence-corrected chi connectivity index (χ1v) is 10.2. The third kappa shape index (κ3) is 6.16. The number of ether oxygens (including phenoxy) is 1. The van der Waals surface area contributed by atoms with E-state index in [-0.39, 0.29) is 11.3 Å². The van der Waals surface area contributed by atoms with Gasteiger partial charge in [0.05, 0.1) is 12.7 Å². The molecule has 0 radical (unpaired) electrons. The highest BCUT2D eigenvalue weighted by Crippen LogP contribution is 2.22. The summed E-state index contributed by atoms with van der Waals surface area (Å²) >= 11 is 0. The Kier molecular flexibility index (Phi) is 6.83. The van der Waals surface area contributed by atoms with E-state index in [1.807, 2.05) is 45.0 Å². The van der Waals surface area contributed by atoms with Crippen LogP contribution in [0.2, 0.25) is 0 Å². The summed E-state index contributed by atoms with van der Waals surface area (Å²) in [6.45, 7) is 6.67. The van der Waals surface area contributed by atoms with Crippen LogP contribution in [0.4, 0.5) is 5.69 Å². The molecule has 1 aromatic carbocycles. The average molecular weight is 386 g/mol. The van der Waals surface area contributed by atoms with Crippen molar-refractivity contribution in [3.8, 4) is 0 Å². The first-order chi connectivity index (χ1) is 13.4. The molecule has 1 aliphatic carbocycles. The van der Waals surface area contributed by atoms with Gasteiger partial charge in [-0.25, -0.2) is 0 Å². The van der Waals surface area contributed by atoms with Gasteiger partial charge in [-0.15, -0.1) is 0 Å². The standard InChI is InChI=1S/C22H31N3O3/c1-22(2,3)21-24-20(28-25-21)13-12-19(26)23-17-9-7-8-16(14-17)15-27-18-10-5-4-6-11-18/h7-9,14,18H,4-6,10-13,15H2,1-3H3,(H,23,26). The molecule has 1 amide bonds. The molecule has 0 unspecified atom stereocenters. The van der Waals surface area contributed by atoms with Gasteiger partial charge in [-0.1, -0.05) is 57.3 Å². The van der Waals surface area contributed by atoms with Crippen molar-refractivity contribution in [3.63, 3.8) is 0 Å². The molecule has 0 spiro atoms. The Morgan fingerprint density at radius 3 is 2.75 bits per heavy atom. The molecule has 6 nitrogen and oxygen atoms in total. The Morgan fingerprint density at radius 1 is 1.25 bits per heavy atom. The van der Waals surface area contributed by atoms with Gasteiger partial charge < -0.3 is 14.6 Å². The van der Waals surface area contributed by atoms with E-state index in [4.69, 9.17) is 9.26 Å². The zero-order valence-corrected chi connectivity index (χ0v) is 17.2. The Balaban J connectivity index is 1.46. The minimum Gasteiger partial charge on any atom is -0.374 e. The van der Waals surface area contributed by atoms with Crippen LogP contribution in [0.15, 0.2) is 28.8 Å². The van der Waals surface area contributed by atoms with Crippen molar-refractivity contribution in [2.24, 2.45) is 0 Å². The smallest absolute Gasteiger partial charge is 0.227 e. The van der Waals surface area contributed by atoms with Crippen LogP contribution >= 0.6 is 0 Å². The van der Waals surface area contributed by atoms with Crippen LogP contribution in [0.5, 0.6) is 0 Å². The van der Waals surface area contributed by atoms with Crippen LogP contribution in [0.1, 0.15) is 76.6 Å². The number of hydrogen-bond acceptors (Lipinski definition) is 5. The largest absolute Gasteiger partial charge is 0.374 e. The fourth-order valence-corrected chi connectivity index (χ4v) is 3.29. The fraction of sp³-hybridized carbons (Fsp3) is 0.591. The lowest BCUT2D eigenvalue weighted by Crippen LogP contribution is -2.16. The van der Waals surface area contributed by atoms with Crippen LogP contribution in [0, 0.1) is 0 Å². The summed E-state index contributed by atoms with van der Waals surface area (Å²) in [5.41, 5.74) is 1.70. The molecule has 1 heterocycles. The van der Waals surface area contributed by atoms with Gasteiger partial charge in [0.1, 0.15) is 0 Å². The molecule has 152 valence electrons. The van der Waals surface area contributed by atoms with Gasteiger partial charge in [0, 0.05) is 23.9 Å². The number of aromatic nitrogens is 2. The predicted octanol–water partition coefficient (Wildman–Crippen LogP) is 4.79. The molecule has 0 bridgehead atoms. The second-order valence-corrected chi connectivity index (χ2v) is 8.58. The molecule has 2 aromatic rings. The summed E-state index contributed by atoms with van der Waals surface area (Å²) in [6, 6.07) is 7.85. The number of nitrogens with one attached hydrogen (secondary N) is 1. The molecule has 1 aromatic heterocycles. The van der Waals surface area contributed by atoms with Crippen LogP contribution < -0.4 is 5.32 Å². The molecular formula is C22H31N3O3. The maximum atomic E-state index is 12.3. The number of nitrogens with zero attached hydrogens (tertiary/aromatic N) is 2. The van der Waals surface area contributed by atoms with E-state index < -0.39 is 0 Å². The van der Waals surface area contributed by atoms with Crippen LogP contribution in [-0.2, 0) is 28.0 Å². The van der Waals surface area contributed by atoms with Gasteiger partial charge in [0.25, 0.3) is 0 Å². The lowest BCUT2D eigenvalue weighted by Gasteiger charge is -2.22. The van der Waals surface area contributed by atoms with Crippen molar-refractivity contribution in [3.05, 3.63) is 41.5 Å². The molecule has 0 atom stereocenters. The molecule has 0 aliphatic heterocycles. The SMILES string of the molecule is CC(C)(C)c1noc(CCC(=O)Nc2cccc(COC3CCCCC3)c2)n1. The molecule has 0 saturated heterocycles. The van der Waals surface area contributed by atoms with Gasteiger partial charge in [-0.05, 0) is 30.5 Å². The predicted molar refractivity (Wildman–Crippen MR) is 108 cm³/mol. The van der Waals surface area contributed by atoms with Crippen molar-refractivity contribution in [2.45, 2.75) is 83.8 Å². The van der Waals surface area contributed by atoms with Gasteiger partial charge in [0.2, 0.25) is 11.8 Å². The van der Waals surface area contributed by atoms with E-state index >= 15 is 0 Å². The Labute approximate surface area is 167 Å². The first-order valence-electron chi connectivity index (χ1n) is 10.2. The van der Waals surface area contributed by atoms with Crippen molar-refractivity contribution < 1.29 is 14.1 Å². The van der Waals surface area contributed by atoms with Crippen molar-refractivity contribution in [2.75, 3.05) is 5.32 Å². The van der Waals surface area contributed by atoms with E-state index in [1.54, 1.807) is 0 Å². The number of carbonyl (C=O) groups is 1. The highest BCUT2D eigenvalue weighted by molar-refractivity contribution is 5.90. The van der Waals surface area contributed by atoms with Gasteiger partial charge in [-0.3, -0.25) is 4.79 Å². The minimum absolute atomic E-state index is 0.0687. The average Bonchev–Trinajstić information content (AvgIpc) is 3.16. The number of aryl methyl sites for hydroxylation is 1. The molecule has 3 rings (SSSR count). The monoisotopic (exact) mass is 385 g/mol. The maximum Gasteiger partial charge on any atom is 0.227 e. The fourth-order valence-electron chi connectivity index (χ4n) is 3.29. The van der Waals surface area contributed by atoms with Gasteiger partial charge in [0.15, 0.2) is 5.82 Å². The summed E-state index contributed by atoms with van der Waals surface area (Å²) in [6.07, 6.45) is 7.26. The molecule has 1 fully saturated rings. The molecule has 1 aliphatic rings. The summed E-state index contributed by atoms with van der Waals surface area (Å²) < 4.78 is 11.3. The minimum atomic E-state index is -0.163. The molecule has 1 saturated carbocycles. The Morgan fingerprint density at radius 2 is 2.04 bits per heavy atom. The Hall–Kier alpha value is -2.21. The summed E-state index contributed by atoms with van der Waals surface area (Å²) in [7, 11) is 0. The van der Waals surface area contributed by atoms with E-state index in [1.165, 1.54) is 19.3 Å². The van der Waals surface area contributed by atoms with Crippen molar-refractivity contribution >= 4 is 11.6 Å². The topological polar surface area (TPSA) is 77.2 Å². The number of rotatable bonds is 7. The number of anilines is 1. The second kappa shape index (κ2) is 9.32. The molecule has 28 heavy (non-hydrogen) atoms. The number of hydrogen-bond donors (Lipinski definition) is 1. The zero-order valence-electron chi connectivity index (χ0n) is 17.2. The molecule has 6 heteroatoms. The third-order valence-electron chi connectivity index (χ3n) is 4.95. The first kappa shape index (κ1) is 20.5. The van der Waals surface area contributed by atoms with E-state index in [9.17, 15) is 4.79 Å². The van der Waals surface area contributed by atoms with Gasteiger partial charge in [-0.2, -0.15) is 4.98 Å². The number of amides is 1. The summed E-state index contributed by atoms with van der Waals surface area (Å²) in [4.78, 5) is 16.6. The third-order valence-corrected chi connectivity index (χ3v) is 4.95. The van der Waals surface area contributed by atoms with E-state index in [0.29, 0.717) is 37.3 Å². The van der Waals surface area contributed by atoms with Crippen LogP contribution in [-0.4, -0.2) is 22.2 Å². The summed E-state index contributed by atoms with van der Waals surface area (Å²) in [5.74, 6) is 1.09. The lowest BCUT2D eigenvalue weighted by molar-refractivity contribution is -0.116. The van der Waals surface area contributed by atoms with Crippen LogP contribution in [0.25, 0.3) is 0 Å².